The van der Waals surface area contributed by atoms with E-state index in [1.165, 1.54) is 18.4 Å². The summed E-state index contributed by atoms with van der Waals surface area (Å²) in [4.78, 5) is 0. The standard InChI is InChI=1S/C10H14.C5H12.3C2H6/c1-9(2)8-10-6-4-3-5-7-10;1-4-5(2)3;3*1-2/h3-7,9H,8H2,1-2H3;5H,4H2,1-3H3;3*1-2H3. The Morgan fingerprint density at radius 1 is 0.667 bits per heavy atom. The zero-order valence-corrected chi connectivity index (χ0v) is 17.0. The maximum absolute atomic E-state index is 2.24. The Bertz CT molecular complexity index is 221. The Morgan fingerprint density at radius 3 is 1.24 bits per heavy atom. The molecular formula is C21H44. The summed E-state index contributed by atoms with van der Waals surface area (Å²) < 4.78 is 0. The molecule has 0 aromatic heterocycles. The van der Waals surface area contributed by atoms with Crippen molar-refractivity contribution in [3.63, 3.8) is 0 Å². The van der Waals surface area contributed by atoms with Crippen LogP contribution in [0.15, 0.2) is 30.3 Å². The van der Waals surface area contributed by atoms with Gasteiger partial charge in [0.25, 0.3) is 0 Å². The first-order chi connectivity index (χ1) is 10.1. The molecule has 0 aliphatic rings. The summed E-state index contributed by atoms with van der Waals surface area (Å²) in [5.74, 6) is 1.65. The lowest BCUT2D eigenvalue weighted by Crippen LogP contribution is -1.92. The van der Waals surface area contributed by atoms with Gasteiger partial charge in [0.1, 0.15) is 0 Å². The predicted octanol–water partition coefficient (Wildman–Crippen LogP) is 8.02. The molecule has 0 radical (unpaired) electrons. The van der Waals surface area contributed by atoms with Crippen LogP contribution in [0.5, 0.6) is 0 Å². The highest BCUT2D eigenvalue weighted by molar-refractivity contribution is 5.14. The first kappa shape index (κ1) is 28.4. The normalized spacial score (nSPS) is 8.05. The van der Waals surface area contributed by atoms with E-state index in [1.54, 1.807) is 0 Å². The van der Waals surface area contributed by atoms with E-state index in [0.29, 0.717) is 0 Å². The van der Waals surface area contributed by atoms with Gasteiger partial charge in [0.15, 0.2) is 0 Å². The van der Waals surface area contributed by atoms with Crippen LogP contribution in [0, 0.1) is 11.8 Å². The van der Waals surface area contributed by atoms with E-state index in [4.69, 9.17) is 0 Å². The van der Waals surface area contributed by atoms with Crippen LogP contribution < -0.4 is 0 Å². The van der Waals surface area contributed by atoms with Gasteiger partial charge < -0.3 is 0 Å². The maximum Gasteiger partial charge on any atom is -0.0256 e. The number of rotatable bonds is 3. The highest BCUT2D eigenvalue weighted by Crippen LogP contribution is 2.06. The van der Waals surface area contributed by atoms with Crippen molar-refractivity contribution in [2.45, 2.75) is 89.0 Å². The van der Waals surface area contributed by atoms with E-state index in [1.807, 2.05) is 41.5 Å². The first-order valence-corrected chi connectivity index (χ1v) is 9.10. The predicted molar refractivity (Wildman–Crippen MR) is 104 cm³/mol. The molecule has 0 amide bonds. The summed E-state index contributed by atoms with van der Waals surface area (Å²) in [6.45, 7) is 23.1. The fourth-order valence-corrected chi connectivity index (χ4v) is 1.09. The van der Waals surface area contributed by atoms with Crippen LogP contribution in [-0.2, 0) is 6.42 Å². The third-order valence-corrected chi connectivity index (χ3v) is 2.30. The van der Waals surface area contributed by atoms with Crippen molar-refractivity contribution in [1.29, 1.82) is 0 Å². The molecule has 21 heavy (non-hydrogen) atoms. The van der Waals surface area contributed by atoms with Crippen molar-refractivity contribution in [3.8, 4) is 0 Å². The van der Waals surface area contributed by atoms with Gasteiger partial charge in [-0.3, -0.25) is 0 Å². The Balaban J connectivity index is -0.000000112. The fourth-order valence-electron chi connectivity index (χ4n) is 1.09. The minimum atomic E-state index is 0.766. The van der Waals surface area contributed by atoms with Gasteiger partial charge in [0.05, 0.1) is 0 Å². The molecule has 0 heterocycles. The van der Waals surface area contributed by atoms with Gasteiger partial charge in [-0.05, 0) is 23.8 Å². The Kier molecular flexibility index (Phi) is 37.2. The molecule has 0 spiro atoms. The van der Waals surface area contributed by atoms with Gasteiger partial charge in [-0.2, -0.15) is 0 Å². The van der Waals surface area contributed by atoms with Gasteiger partial charge in [0.2, 0.25) is 0 Å². The summed E-state index contributed by atoms with van der Waals surface area (Å²) in [7, 11) is 0. The summed E-state index contributed by atoms with van der Waals surface area (Å²) in [6.07, 6.45) is 2.50. The average Bonchev–Trinajstić information content (AvgIpc) is 2.54. The minimum Gasteiger partial charge on any atom is -0.0683 e. The number of hydrogen-bond acceptors (Lipinski definition) is 0. The van der Waals surface area contributed by atoms with E-state index in [9.17, 15) is 0 Å². The molecule has 0 heteroatoms. The van der Waals surface area contributed by atoms with Crippen LogP contribution in [0.1, 0.15) is 88.1 Å². The monoisotopic (exact) mass is 296 g/mol. The van der Waals surface area contributed by atoms with Gasteiger partial charge in [-0.15, -0.1) is 0 Å². The summed E-state index contributed by atoms with van der Waals surface area (Å²) in [5.41, 5.74) is 1.44. The van der Waals surface area contributed by atoms with Crippen LogP contribution in [0.4, 0.5) is 0 Å². The lowest BCUT2D eigenvalue weighted by molar-refractivity contribution is 0.626. The largest absolute Gasteiger partial charge is 0.0683 e. The summed E-state index contributed by atoms with van der Waals surface area (Å²) in [6, 6.07) is 10.6. The summed E-state index contributed by atoms with van der Waals surface area (Å²) >= 11 is 0. The third kappa shape index (κ3) is 32.6. The lowest BCUT2D eigenvalue weighted by Gasteiger charge is -2.02. The minimum absolute atomic E-state index is 0.766. The molecule has 1 aromatic rings. The molecule has 0 unspecified atom stereocenters. The molecule has 0 bridgehead atoms. The van der Waals surface area contributed by atoms with Crippen molar-refractivity contribution >= 4 is 0 Å². The van der Waals surface area contributed by atoms with Crippen LogP contribution in [0.2, 0.25) is 0 Å². The molecule has 0 atom stereocenters. The molecule has 0 fully saturated rings. The second kappa shape index (κ2) is 27.5. The lowest BCUT2D eigenvalue weighted by atomic mass is 10.0. The molecule has 0 aliphatic carbocycles. The quantitative estimate of drug-likeness (QED) is 0.529. The zero-order chi connectivity index (χ0) is 17.7. The Hall–Kier alpha value is -0.780. The topological polar surface area (TPSA) is 0 Å². The van der Waals surface area contributed by atoms with E-state index in [0.717, 1.165) is 11.8 Å². The smallest absolute Gasteiger partial charge is 0.0256 e. The summed E-state index contributed by atoms with van der Waals surface area (Å²) in [5, 5.41) is 0. The average molecular weight is 297 g/mol. The number of benzene rings is 1. The van der Waals surface area contributed by atoms with Gasteiger partial charge in [0, 0.05) is 0 Å². The second-order valence-corrected chi connectivity index (χ2v) is 4.89. The molecular weight excluding hydrogens is 252 g/mol. The Labute approximate surface area is 137 Å². The molecule has 1 rings (SSSR count). The van der Waals surface area contributed by atoms with Crippen molar-refractivity contribution < 1.29 is 0 Å². The zero-order valence-electron chi connectivity index (χ0n) is 17.0. The molecule has 0 aliphatic heterocycles. The van der Waals surface area contributed by atoms with E-state index < -0.39 is 0 Å². The van der Waals surface area contributed by atoms with Crippen LogP contribution in [0.3, 0.4) is 0 Å². The first-order valence-electron chi connectivity index (χ1n) is 9.10. The van der Waals surface area contributed by atoms with Crippen LogP contribution >= 0.6 is 0 Å². The fraction of sp³-hybridized carbons (Fsp3) is 0.714. The molecule has 128 valence electrons. The van der Waals surface area contributed by atoms with Gasteiger partial charge in [-0.1, -0.05) is 113 Å². The van der Waals surface area contributed by atoms with E-state index in [2.05, 4.69) is 65.0 Å². The van der Waals surface area contributed by atoms with E-state index in [-0.39, 0.29) is 0 Å². The van der Waals surface area contributed by atoms with Crippen LogP contribution in [0.25, 0.3) is 0 Å². The molecule has 0 saturated heterocycles. The van der Waals surface area contributed by atoms with Crippen molar-refractivity contribution in [2.75, 3.05) is 0 Å². The number of hydrogen-bond donors (Lipinski definition) is 0. The second-order valence-electron chi connectivity index (χ2n) is 4.89. The highest BCUT2D eigenvalue weighted by Gasteiger charge is 1.94. The maximum atomic E-state index is 2.24. The third-order valence-electron chi connectivity index (χ3n) is 2.30. The highest BCUT2D eigenvalue weighted by atomic mass is 14.0. The molecule has 0 nitrogen and oxygen atoms in total. The van der Waals surface area contributed by atoms with Crippen molar-refractivity contribution in [1.82, 2.24) is 0 Å². The Morgan fingerprint density at radius 2 is 1.00 bits per heavy atom. The van der Waals surface area contributed by atoms with Gasteiger partial charge in [-0.25, -0.2) is 0 Å². The van der Waals surface area contributed by atoms with Crippen LogP contribution in [-0.4, -0.2) is 0 Å². The van der Waals surface area contributed by atoms with E-state index >= 15 is 0 Å². The molecule has 1 aromatic carbocycles. The van der Waals surface area contributed by atoms with Gasteiger partial charge >= 0.3 is 0 Å². The SMILES string of the molecule is CC.CC.CC.CC(C)Cc1ccccc1.CCC(C)C. The van der Waals surface area contributed by atoms with Crippen molar-refractivity contribution in [2.24, 2.45) is 11.8 Å². The molecule has 0 saturated carbocycles. The molecule has 0 N–H and O–H groups in total. The van der Waals surface area contributed by atoms with Crippen molar-refractivity contribution in [3.05, 3.63) is 35.9 Å².